The number of carbonyl (C=O) groups is 2. The molecule has 0 aromatic carbocycles. The third-order valence-corrected chi connectivity index (χ3v) is 11.6. The zero-order valence-electron chi connectivity index (χ0n) is 38.7. The number of hydrogen-bond acceptors (Lipinski definition) is 13. The Bertz CT molecular complexity index is 1410. The number of phosphoric acid groups is 1. The van der Waals surface area contributed by atoms with Crippen molar-refractivity contribution in [3.05, 3.63) is 72.9 Å². The SMILES string of the molecule is CC/C=C\C(O)C/C=C/C=C\C/C=C\C/C=C\CCCC(=O)OC[C@H](COP(=O)(O)OC1[C@H](O)[C@H](O)C(O)[C@H](O)[C@H]1O)OC(=O)CCCCCCCCC/C=C\CCCCCCCC. The Balaban J connectivity index is 2.50. The van der Waals surface area contributed by atoms with E-state index in [0.29, 0.717) is 25.7 Å². The van der Waals surface area contributed by atoms with Crippen LogP contribution in [0.25, 0.3) is 0 Å². The van der Waals surface area contributed by atoms with Gasteiger partial charge in [0.1, 0.15) is 43.2 Å². The van der Waals surface area contributed by atoms with Crippen LogP contribution in [0.3, 0.4) is 0 Å². The average Bonchev–Trinajstić information content (AvgIpc) is 3.27. The lowest BCUT2D eigenvalue weighted by molar-refractivity contribution is -0.220. The molecule has 15 heteroatoms. The minimum absolute atomic E-state index is 0.0669. The molecule has 0 heterocycles. The lowest BCUT2D eigenvalue weighted by atomic mass is 9.85. The summed E-state index contributed by atoms with van der Waals surface area (Å²) in [7, 11) is -5.15. The van der Waals surface area contributed by atoms with E-state index in [1.807, 2.05) is 61.6 Å². The van der Waals surface area contributed by atoms with Crippen LogP contribution < -0.4 is 0 Å². The van der Waals surface area contributed by atoms with E-state index in [-0.39, 0.29) is 12.8 Å². The van der Waals surface area contributed by atoms with Crippen molar-refractivity contribution < 1.29 is 68.2 Å². The zero-order chi connectivity index (χ0) is 47.3. The van der Waals surface area contributed by atoms with Crippen molar-refractivity contribution in [2.45, 2.75) is 210 Å². The summed E-state index contributed by atoms with van der Waals surface area (Å²) in [6.07, 6.45) is 31.5. The highest BCUT2D eigenvalue weighted by molar-refractivity contribution is 7.47. The summed E-state index contributed by atoms with van der Waals surface area (Å²) >= 11 is 0. The molecule has 1 aliphatic carbocycles. The van der Waals surface area contributed by atoms with E-state index in [1.54, 1.807) is 6.08 Å². The molecule has 0 aliphatic heterocycles. The minimum Gasteiger partial charge on any atom is -0.462 e. The summed E-state index contributed by atoms with van der Waals surface area (Å²) in [5, 5.41) is 60.0. The molecule has 9 atom stereocenters. The van der Waals surface area contributed by atoms with E-state index >= 15 is 0 Å². The lowest BCUT2D eigenvalue weighted by Gasteiger charge is -2.41. The van der Waals surface area contributed by atoms with Gasteiger partial charge in [-0.2, -0.15) is 0 Å². The fourth-order valence-corrected chi connectivity index (χ4v) is 7.72. The molecule has 14 nitrogen and oxygen atoms in total. The van der Waals surface area contributed by atoms with Crippen molar-refractivity contribution >= 4 is 19.8 Å². The first-order valence-electron chi connectivity index (χ1n) is 23.8. The number of rotatable bonds is 38. The Hall–Kier alpha value is -2.75. The number of unbranched alkanes of at least 4 members (excludes halogenated alkanes) is 14. The number of allylic oxidation sites excluding steroid dienone is 10. The highest BCUT2D eigenvalue weighted by Gasteiger charge is 2.51. The van der Waals surface area contributed by atoms with Crippen molar-refractivity contribution in [2.75, 3.05) is 13.2 Å². The summed E-state index contributed by atoms with van der Waals surface area (Å²) in [4.78, 5) is 35.7. The average molecular weight is 927 g/mol. The first-order valence-corrected chi connectivity index (χ1v) is 25.3. The van der Waals surface area contributed by atoms with Crippen LogP contribution >= 0.6 is 7.82 Å². The first kappa shape index (κ1) is 59.3. The van der Waals surface area contributed by atoms with Gasteiger partial charge in [-0.1, -0.05) is 151 Å². The summed E-state index contributed by atoms with van der Waals surface area (Å²) in [5.41, 5.74) is 0. The van der Waals surface area contributed by atoms with Crippen LogP contribution in [-0.2, 0) is 32.7 Å². The van der Waals surface area contributed by atoms with E-state index in [4.69, 9.17) is 18.5 Å². The second-order valence-corrected chi connectivity index (χ2v) is 17.8. The standard InChI is InChI=1S/C49H83O14P/c1-3-5-7-8-9-10-11-12-13-14-15-16-21-24-27-30-33-37-43(52)62-41(39-61-64(58,59)63-49-47(56)45(54)44(53)46(55)48(49)57)38-60-42(51)36-32-29-26-23-20-18-17-19-22-25-28-31-35-40(50)34-6-4-2/h6,12-13,17-18,22-23,25-26,28,31,34,40-41,44-50,53-57H,3-5,7-11,14-16,19-21,24,27,29-30,32-33,35-39H2,1-2H3,(H,58,59)/b13-12-,18-17-,25-22-,26-23-,31-28+,34-6-/t40?,41-,44?,45-,46+,47-,48-,49?/m1/s1. The van der Waals surface area contributed by atoms with Gasteiger partial charge >= 0.3 is 19.8 Å². The number of aliphatic hydroxyl groups excluding tert-OH is 6. The lowest BCUT2D eigenvalue weighted by Crippen LogP contribution is -2.64. The van der Waals surface area contributed by atoms with Gasteiger partial charge in [-0.3, -0.25) is 18.6 Å². The monoisotopic (exact) mass is 927 g/mol. The largest absolute Gasteiger partial charge is 0.472 e. The Kier molecular flexibility index (Phi) is 35.5. The second-order valence-electron chi connectivity index (χ2n) is 16.4. The predicted octanol–water partition coefficient (Wildman–Crippen LogP) is 8.47. The molecule has 1 aliphatic rings. The van der Waals surface area contributed by atoms with Gasteiger partial charge < -0.3 is 45.0 Å². The molecule has 1 fully saturated rings. The Morgan fingerprint density at radius 1 is 0.578 bits per heavy atom. The van der Waals surface area contributed by atoms with E-state index in [9.17, 15) is 49.7 Å². The molecule has 1 rings (SSSR count). The normalized spacial score (nSPS) is 22.7. The summed E-state index contributed by atoms with van der Waals surface area (Å²) in [6, 6.07) is 0. The van der Waals surface area contributed by atoms with Crippen LogP contribution in [0.5, 0.6) is 0 Å². The maximum atomic E-state index is 12.8. The fourth-order valence-electron chi connectivity index (χ4n) is 6.75. The molecule has 7 N–H and O–H groups in total. The predicted molar refractivity (Wildman–Crippen MR) is 250 cm³/mol. The van der Waals surface area contributed by atoms with Gasteiger partial charge in [-0.25, -0.2) is 4.57 Å². The molecule has 1 saturated carbocycles. The number of phosphoric ester groups is 1. The van der Waals surface area contributed by atoms with Gasteiger partial charge in [0.05, 0.1) is 12.7 Å². The first-order chi connectivity index (χ1) is 30.8. The van der Waals surface area contributed by atoms with Crippen molar-refractivity contribution in [1.29, 1.82) is 0 Å². The molecule has 64 heavy (non-hydrogen) atoms. The van der Waals surface area contributed by atoms with Crippen molar-refractivity contribution in [3.63, 3.8) is 0 Å². The maximum Gasteiger partial charge on any atom is 0.472 e. The van der Waals surface area contributed by atoms with Crippen LogP contribution in [0.2, 0.25) is 0 Å². The van der Waals surface area contributed by atoms with Crippen molar-refractivity contribution in [1.82, 2.24) is 0 Å². The van der Waals surface area contributed by atoms with Gasteiger partial charge in [0.25, 0.3) is 0 Å². The molecule has 0 bridgehead atoms. The smallest absolute Gasteiger partial charge is 0.462 e. The van der Waals surface area contributed by atoms with Crippen LogP contribution in [0, 0.1) is 0 Å². The molecular formula is C49H83O14P. The molecular weight excluding hydrogens is 843 g/mol. The minimum atomic E-state index is -5.15. The number of esters is 2. The molecule has 0 aromatic heterocycles. The molecule has 0 saturated heterocycles. The molecule has 0 spiro atoms. The molecule has 0 radical (unpaired) electrons. The van der Waals surface area contributed by atoms with E-state index in [2.05, 4.69) is 19.1 Å². The Morgan fingerprint density at radius 3 is 1.70 bits per heavy atom. The molecule has 0 amide bonds. The zero-order valence-corrected chi connectivity index (χ0v) is 39.6. The van der Waals surface area contributed by atoms with E-state index in [0.717, 1.165) is 70.6 Å². The number of carbonyl (C=O) groups excluding carboxylic acids is 2. The van der Waals surface area contributed by atoms with Crippen LogP contribution in [0.1, 0.15) is 162 Å². The van der Waals surface area contributed by atoms with Crippen LogP contribution in [0.15, 0.2) is 72.9 Å². The third kappa shape index (κ3) is 30.5. The van der Waals surface area contributed by atoms with Gasteiger partial charge in [-0.05, 0) is 70.6 Å². The maximum absolute atomic E-state index is 12.8. The van der Waals surface area contributed by atoms with E-state index < -0.39 is 81.8 Å². The highest BCUT2D eigenvalue weighted by atomic mass is 31.2. The highest BCUT2D eigenvalue weighted by Crippen LogP contribution is 2.47. The van der Waals surface area contributed by atoms with Crippen LogP contribution in [-0.4, -0.2) is 110 Å². The van der Waals surface area contributed by atoms with Gasteiger partial charge in [0, 0.05) is 12.8 Å². The van der Waals surface area contributed by atoms with Gasteiger partial charge in [0.15, 0.2) is 6.10 Å². The Labute approximate surface area is 383 Å². The number of aliphatic hydroxyl groups is 6. The molecule has 368 valence electrons. The summed E-state index contributed by atoms with van der Waals surface area (Å²) < 4.78 is 33.5. The quantitative estimate of drug-likeness (QED) is 0.0101. The molecule has 4 unspecified atom stereocenters. The summed E-state index contributed by atoms with van der Waals surface area (Å²) in [5.74, 6) is -1.20. The topological polar surface area (TPSA) is 230 Å². The number of ether oxygens (including phenoxy) is 2. The van der Waals surface area contributed by atoms with Crippen molar-refractivity contribution in [3.8, 4) is 0 Å². The van der Waals surface area contributed by atoms with Crippen LogP contribution in [0.4, 0.5) is 0 Å². The fraction of sp³-hybridized carbons (Fsp3) is 0.714. The summed E-state index contributed by atoms with van der Waals surface area (Å²) in [6.45, 7) is 3.00. The van der Waals surface area contributed by atoms with E-state index in [1.165, 1.54) is 38.5 Å². The van der Waals surface area contributed by atoms with Gasteiger partial charge in [0.2, 0.25) is 0 Å². The number of hydrogen-bond donors (Lipinski definition) is 7. The second kappa shape index (κ2) is 38.4. The molecule has 0 aromatic rings. The Morgan fingerprint density at radius 2 is 1.08 bits per heavy atom. The third-order valence-electron chi connectivity index (χ3n) is 10.6. The van der Waals surface area contributed by atoms with Crippen molar-refractivity contribution in [2.24, 2.45) is 0 Å². The van der Waals surface area contributed by atoms with Gasteiger partial charge in [-0.15, -0.1) is 0 Å².